The summed E-state index contributed by atoms with van der Waals surface area (Å²) in [5, 5.41) is 3.39. The third-order valence-electron chi connectivity index (χ3n) is 4.82. The highest BCUT2D eigenvalue weighted by atomic mass is 19.4. The number of carbonyl (C=O) groups excluding carboxylic acids is 2. The largest absolute Gasteiger partial charge is 0.497 e. The van der Waals surface area contributed by atoms with Gasteiger partial charge in [0.2, 0.25) is 5.91 Å². The van der Waals surface area contributed by atoms with Gasteiger partial charge in [-0.15, -0.1) is 0 Å². The number of hydrogen-bond acceptors (Lipinski definition) is 4. The Morgan fingerprint density at radius 3 is 2.32 bits per heavy atom. The summed E-state index contributed by atoms with van der Waals surface area (Å²) in [6, 6.07) is 7.73. The van der Waals surface area contributed by atoms with Crippen LogP contribution in [0.5, 0.6) is 5.75 Å². The topological polar surface area (TPSA) is 64.4 Å². The summed E-state index contributed by atoms with van der Waals surface area (Å²) >= 11 is 0. The molecule has 0 radical (unpaired) electrons. The Hall–Kier alpha value is -2.84. The number of hydrogen-bond donors (Lipinski definition) is 0. The van der Waals surface area contributed by atoms with E-state index in [0.717, 1.165) is 16.9 Å². The number of benzene rings is 1. The van der Waals surface area contributed by atoms with Crippen molar-refractivity contribution in [3.05, 3.63) is 47.8 Å². The number of likely N-dealkylation sites (tertiary alicyclic amines) is 1. The van der Waals surface area contributed by atoms with Crippen LogP contribution in [0.1, 0.15) is 28.9 Å². The van der Waals surface area contributed by atoms with E-state index in [1.165, 1.54) is 0 Å². The van der Waals surface area contributed by atoms with Gasteiger partial charge in [-0.1, -0.05) is 0 Å². The fourth-order valence-corrected chi connectivity index (χ4v) is 3.22. The van der Waals surface area contributed by atoms with Crippen molar-refractivity contribution < 1.29 is 27.5 Å². The van der Waals surface area contributed by atoms with Crippen LogP contribution in [0.4, 0.5) is 13.2 Å². The van der Waals surface area contributed by atoms with Crippen molar-refractivity contribution in [1.29, 1.82) is 0 Å². The molecule has 6 nitrogen and oxygen atoms in total. The molecule has 2 aromatic rings. The van der Waals surface area contributed by atoms with Crippen molar-refractivity contribution in [3.63, 3.8) is 0 Å². The molecule has 9 heteroatoms. The minimum absolute atomic E-state index is 0.0247. The molecule has 1 aromatic carbocycles. The van der Waals surface area contributed by atoms with E-state index in [9.17, 15) is 22.8 Å². The molecule has 0 atom stereocenters. The number of nitrogens with zero attached hydrogens (tertiary/aromatic N) is 3. The normalized spacial score (nSPS) is 15.5. The molecule has 0 spiro atoms. The molecule has 1 fully saturated rings. The zero-order valence-electron chi connectivity index (χ0n) is 15.3. The van der Waals surface area contributed by atoms with Gasteiger partial charge in [0.15, 0.2) is 11.5 Å². The summed E-state index contributed by atoms with van der Waals surface area (Å²) < 4.78 is 43.8. The molecule has 0 unspecified atom stereocenters. The predicted octanol–water partition coefficient (Wildman–Crippen LogP) is 3.03. The zero-order chi connectivity index (χ0) is 20.3. The Morgan fingerprint density at radius 2 is 1.79 bits per heavy atom. The number of ketones is 1. The van der Waals surface area contributed by atoms with Crippen molar-refractivity contribution in [3.8, 4) is 5.75 Å². The van der Waals surface area contributed by atoms with Crippen LogP contribution in [0.15, 0.2) is 36.5 Å². The molecule has 3 rings (SSSR count). The van der Waals surface area contributed by atoms with E-state index < -0.39 is 11.9 Å². The lowest BCUT2D eigenvalue weighted by Crippen LogP contribution is -2.41. The average molecular weight is 395 g/mol. The van der Waals surface area contributed by atoms with Crippen LogP contribution < -0.4 is 4.74 Å². The van der Waals surface area contributed by atoms with Gasteiger partial charge in [0.25, 0.3) is 0 Å². The minimum Gasteiger partial charge on any atom is -0.497 e. The molecule has 1 aliphatic rings. The number of Topliss-reactive ketones (excluding diaryl/α,β-unsaturated/α-hetero) is 1. The number of methoxy groups -OCH3 is 1. The second-order valence-corrected chi connectivity index (χ2v) is 6.64. The van der Waals surface area contributed by atoms with Gasteiger partial charge in [-0.05, 0) is 43.2 Å². The number of alkyl halides is 3. The molecule has 1 amide bonds. The van der Waals surface area contributed by atoms with Gasteiger partial charge in [-0.3, -0.25) is 14.3 Å². The van der Waals surface area contributed by atoms with Crippen LogP contribution in [-0.2, 0) is 17.5 Å². The Kier molecular flexibility index (Phi) is 5.71. The molecule has 0 bridgehead atoms. The predicted molar refractivity (Wildman–Crippen MR) is 93.9 cm³/mol. The Balaban J connectivity index is 1.53. The first-order valence-corrected chi connectivity index (χ1v) is 8.84. The van der Waals surface area contributed by atoms with E-state index in [-0.39, 0.29) is 24.2 Å². The lowest BCUT2D eigenvalue weighted by Gasteiger charge is -2.31. The van der Waals surface area contributed by atoms with E-state index in [1.54, 1.807) is 36.3 Å². The number of carbonyl (C=O) groups is 2. The average Bonchev–Trinajstić information content (AvgIpc) is 3.16. The van der Waals surface area contributed by atoms with Crippen molar-refractivity contribution in [2.45, 2.75) is 25.6 Å². The quantitative estimate of drug-likeness (QED) is 0.730. The molecule has 1 aliphatic heterocycles. The number of piperidine rings is 1. The number of rotatable bonds is 5. The summed E-state index contributed by atoms with van der Waals surface area (Å²) in [5.74, 6) is 0.201. The number of amides is 1. The molecule has 150 valence electrons. The fourth-order valence-electron chi connectivity index (χ4n) is 3.22. The first-order chi connectivity index (χ1) is 13.3. The van der Waals surface area contributed by atoms with Crippen LogP contribution >= 0.6 is 0 Å². The van der Waals surface area contributed by atoms with Crippen molar-refractivity contribution in [2.75, 3.05) is 20.2 Å². The number of ether oxygens (including phenoxy) is 1. The van der Waals surface area contributed by atoms with Crippen LogP contribution in [0.2, 0.25) is 0 Å². The maximum atomic E-state index is 12.6. The fraction of sp³-hybridized carbons (Fsp3) is 0.421. The Morgan fingerprint density at radius 1 is 1.14 bits per heavy atom. The summed E-state index contributed by atoms with van der Waals surface area (Å²) in [5.41, 5.74) is -0.425. The third-order valence-corrected chi connectivity index (χ3v) is 4.82. The van der Waals surface area contributed by atoms with Gasteiger partial charge < -0.3 is 9.64 Å². The van der Waals surface area contributed by atoms with Crippen LogP contribution in [0, 0.1) is 5.92 Å². The lowest BCUT2D eigenvalue weighted by molar-refractivity contribution is -0.142. The van der Waals surface area contributed by atoms with Crippen LogP contribution in [0.25, 0.3) is 0 Å². The van der Waals surface area contributed by atoms with Crippen molar-refractivity contribution in [1.82, 2.24) is 14.7 Å². The van der Waals surface area contributed by atoms with Gasteiger partial charge in [0, 0.05) is 30.8 Å². The molecule has 1 aromatic heterocycles. The van der Waals surface area contributed by atoms with Gasteiger partial charge in [-0.2, -0.15) is 18.3 Å². The van der Waals surface area contributed by atoms with E-state index in [1.807, 2.05) is 0 Å². The van der Waals surface area contributed by atoms with E-state index in [0.29, 0.717) is 37.2 Å². The smallest absolute Gasteiger partial charge is 0.435 e. The Labute approximate surface area is 159 Å². The summed E-state index contributed by atoms with van der Waals surface area (Å²) in [4.78, 5) is 26.5. The van der Waals surface area contributed by atoms with Gasteiger partial charge >= 0.3 is 6.18 Å². The SMILES string of the molecule is COc1ccc(C(=O)C2CCN(C(=O)Cn3ccc(C(F)(F)F)n3)CC2)cc1. The minimum atomic E-state index is -4.53. The van der Waals surface area contributed by atoms with E-state index in [4.69, 9.17) is 4.74 Å². The van der Waals surface area contributed by atoms with E-state index >= 15 is 0 Å². The molecule has 0 saturated carbocycles. The van der Waals surface area contributed by atoms with Crippen LogP contribution in [0.3, 0.4) is 0 Å². The maximum absolute atomic E-state index is 12.6. The zero-order valence-corrected chi connectivity index (χ0v) is 15.3. The summed E-state index contributed by atoms with van der Waals surface area (Å²) in [6.45, 7) is 0.519. The maximum Gasteiger partial charge on any atom is 0.435 e. The molecule has 0 N–H and O–H groups in total. The van der Waals surface area contributed by atoms with E-state index in [2.05, 4.69) is 5.10 Å². The molecule has 2 heterocycles. The number of halogens is 3. The van der Waals surface area contributed by atoms with Crippen LogP contribution in [-0.4, -0.2) is 46.6 Å². The second kappa shape index (κ2) is 8.04. The van der Waals surface area contributed by atoms with Crippen molar-refractivity contribution >= 4 is 11.7 Å². The molecule has 28 heavy (non-hydrogen) atoms. The highest BCUT2D eigenvalue weighted by molar-refractivity contribution is 5.98. The lowest BCUT2D eigenvalue weighted by atomic mass is 9.89. The molecule has 1 saturated heterocycles. The second-order valence-electron chi connectivity index (χ2n) is 6.64. The first-order valence-electron chi connectivity index (χ1n) is 8.84. The highest BCUT2D eigenvalue weighted by Gasteiger charge is 2.34. The third kappa shape index (κ3) is 4.52. The standard InChI is InChI=1S/C19H20F3N3O3/c1-28-15-4-2-13(3-5-15)18(27)14-6-9-24(10-7-14)17(26)12-25-11-8-16(23-25)19(20,21)22/h2-5,8,11,14H,6-7,9-10,12H2,1H3. The number of aromatic nitrogens is 2. The first kappa shape index (κ1) is 19.9. The monoisotopic (exact) mass is 395 g/mol. The Bertz CT molecular complexity index is 838. The highest BCUT2D eigenvalue weighted by Crippen LogP contribution is 2.27. The van der Waals surface area contributed by atoms with Crippen molar-refractivity contribution in [2.24, 2.45) is 5.92 Å². The summed E-state index contributed by atoms with van der Waals surface area (Å²) in [6.07, 6.45) is -2.36. The van der Waals surface area contributed by atoms with Gasteiger partial charge in [0.05, 0.1) is 7.11 Å². The summed E-state index contributed by atoms with van der Waals surface area (Å²) in [7, 11) is 1.55. The van der Waals surface area contributed by atoms with Gasteiger partial charge in [0.1, 0.15) is 12.3 Å². The van der Waals surface area contributed by atoms with Gasteiger partial charge in [-0.25, -0.2) is 0 Å². The molecular weight excluding hydrogens is 375 g/mol. The molecular formula is C19H20F3N3O3. The molecule has 0 aliphatic carbocycles.